The van der Waals surface area contributed by atoms with E-state index >= 15 is 0 Å². The van der Waals surface area contributed by atoms with Crippen LogP contribution < -0.4 is 5.73 Å². The Labute approximate surface area is 117 Å². The van der Waals surface area contributed by atoms with Crippen molar-refractivity contribution in [3.05, 3.63) is 34.4 Å². The molecule has 1 aromatic rings. The highest BCUT2D eigenvalue weighted by atomic mass is 35.5. The molecule has 0 aromatic heterocycles. The zero-order valence-electron chi connectivity index (χ0n) is 11.7. The number of likely N-dealkylation sites (tertiary alicyclic amines) is 1. The SMILES string of the molecule is Cc1cc(C)c(CN2CCC[C@@H](N)C2)c(C)c1.Cl. The number of aryl methyl sites for hydroxylation is 3. The van der Waals surface area contributed by atoms with E-state index in [2.05, 4.69) is 37.8 Å². The van der Waals surface area contributed by atoms with E-state index in [9.17, 15) is 0 Å². The number of nitrogens with zero attached hydrogens (tertiary/aromatic N) is 1. The van der Waals surface area contributed by atoms with Crippen molar-refractivity contribution in [2.45, 2.75) is 46.2 Å². The van der Waals surface area contributed by atoms with E-state index < -0.39 is 0 Å². The molecule has 18 heavy (non-hydrogen) atoms. The molecular formula is C15H25ClN2. The highest BCUT2D eigenvalue weighted by Crippen LogP contribution is 2.20. The molecule has 0 saturated carbocycles. The molecule has 1 aromatic carbocycles. The van der Waals surface area contributed by atoms with E-state index in [-0.39, 0.29) is 12.4 Å². The second-order valence-corrected chi connectivity index (χ2v) is 5.51. The molecule has 2 nitrogen and oxygen atoms in total. The van der Waals surface area contributed by atoms with Gasteiger partial charge in [0.1, 0.15) is 0 Å². The summed E-state index contributed by atoms with van der Waals surface area (Å²) >= 11 is 0. The van der Waals surface area contributed by atoms with Crippen molar-refractivity contribution in [2.24, 2.45) is 5.73 Å². The zero-order chi connectivity index (χ0) is 12.4. The van der Waals surface area contributed by atoms with Gasteiger partial charge in [0.25, 0.3) is 0 Å². The Hall–Kier alpha value is -0.570. The first-order valence-electron chi connectivity index (χ1n) is 6.61. The number of halogens is 1. The third-order valence-electron chi connectivity index (χ3n) is 3.76. The van der Waals surface area contributed by atoms with Gasteiger partial charge in [-0.2, -0.15) is 0 Å². The normalized spacial score (nSPS) is 20.6. The summed E-state index contributed by atoms with van der Waals surface area (Å²) in [7, 11) is 0. The number of rotatable bonds is 2. The summed E-state index contributed by atoms with van der Waals surface area (Å²) in [5.41, 5.74) is 11.7. The van der Waals surface area contributed by atoms with Crippen molar-refractivity contribution in [1.29, 1.82) is 0 Å². The Morgan fingerprint density at radius 3 is 2.39 bits per heavy atom. The van der Waals surface area contributed by atoms with Gasteiger partial charge in [0, 0.05) is 19.1 Å². The molecule has 2 N–H and O–H groups in total. The smallest absolute Gasteiger partial charge is 0.0239 e. The van der Waals surface area contributed by atoms with Crippen LogP contribution in [-0.4, -0.2) is 24.0 Å². The zero-order valence-corrected chi connectivity index (χ0v) is 12.5. The summed E-state index contributed by atoms with van der Waals surface area (Å²) < 4.78 is 0. The van der Waals surface area contributed by atoms with Crippen LogP contribution in [0, 0.1) is 20.8 Å². The lowest BCUT2D eigenvalue weighted by molar-refractivity contribution is 0.201. The number of piperidine rings is 1. The third kappa shape index (κ3) is 3.71. The predicted molar refractivity (Wildman–Crippen MR) is 80.4 cm³/mol. The molecule has 3 heteroatoms. The van der Waals surface area contributed by atoms with Crippen LogP contribution in [0.15, 0.2) is 12.1 Å². The van der Waals surface area contributed by atoms with Crippen LogP contribution in [0.5, 0.6) is 0 Å². The van der Waals surface area contributed by atoms with Crippen molar-refractivity contribution in [1.82, 2.24) is 4.90 Å². The monoisotopic (exact) mass is 268 g/mol. The lowest BCUT2D eigenvalue weighted by Gasteiger charge is -2.31. The van der Waals surface area contributed by atoms with Gasteiger partial charge >= 0.3 is 0 Å². The molecule has 0 bridgehead atoms. The third-order valence-corrected chi connectivity index (χ3v) is 3.76. The number of hydrogen-bond donors (Lipinski definition) is 1. The molecule has 1 aliphatic heterocycles. The van der Waals surface area contributed by atoms with Crippen molar-refractivity contribution in [3.63, 3.8) is 0 Å². The van der Waals surface area contributed by atoms with Crippen LogP contribution in [-0.2, 0) is 6.54 Å². The Balaban J connectivity index is 0.00000162. The molecule has 0 amide bonds. The minimum atomic E-state index is 0. The Bertz CT molecular complexity index is 380. The maximum absolute atomic E-state index is 6.04. The minimum Gasteiger partial charge on any atom is -0.327 e. The summed E-state index contributed by atoms with van der Waals surface area (Å²) in [5.74, 6) is 0. The molecule has 1 atom stereocenters. The second-order valence-electron chi connectivity index (χ2n) is 5.51. The summed E-state index contributed by atoms with van der Waals surface area (Å²) in [6, 6.07) is 4.94. The maximum atomic E-state index is 6.04. The molecule has 102 valence electrons. The summed E-state index contributed by atoms with van der Waals surface area (Å²) in [5, 5.41) is 0. The lowest BCUT2D eigenvalue weighted by Crippen LogP contribution is -2.42. The highest BCUT2D eigenvalue weighted by Gasteiger charge is 2.17. The maximum Gasteiger partial charge on any atom is 0.0239 e. The van der Waals surface area contributed by atoms with Gasteiger partial charge < -0.3 is 5.73 Å². The summed E-state index contributed by atoms with van der Waals surface area (Å²) in [4.78, 5) is 2.50. The Kier molecular flexibility index (Phi) is 5.64. The fourth-order valence-corrected chi connectivity index (χ4v) is 2.92. The first-order valence-corrected chi connectivity index (χ1v) is 6.61. The van der Waals surface area contributed by atoms with Gasteiger partial charge in [0.15, 0.2) is 0 Å². The Morgan fingerprint density at radius 2 is 1.83 bits per heavy atom. The Morgan fingerprint density at radius 1 is 1.22 bits per heavy atom. The van der Waals surface area contributed by atoms with Gasteiger partial charge in [-0.15, -0.1) is 12.4 Å². The van der Waals surface area contributed by atoms with Gasteiger partial charge in [0.2, 0.25) is 0 Å². The molecule has 2 rings (SSSR count). The molecule has 0 spiro atoms. The highest BCUT2D eigenvalue weighted by molar-refractivity contribution is 5.85. The topological polar surface area (TPSA) is 29.3 Å². The van der Waals surface area contributed by atoms with E-state index in [1.807, 2.05) is 0 Å². The fraction of sp³-hybridized carbons (Fsp3) is 0.600. The van der Waals surface area contributed by atoms with Crippen LogP contribution in [0.3, 0.4) is 0 Å². The average Bonchev–Trinajstić information content (AvgIpc) is 2.23. The molecule has 1 fully saturated rings. The van der Waals surface area contributed by atoms with Crippen LogP contribution >= 0.6 is 12.4 Å². The van der Waals surface area contributed by atoms with Crippen molar-refractivity contribution < 1.29 is 0 Å². The average molecular weight is 269 g/mol. The fourth-order valence-electron chi connectivity index (χ4n) is 2.92. The summed E-state index contributed by atoms with van der Waals surface area (Å²) in [6.45, 7) is 9.91. The number of nitrogens with two attached hydrogens (primary N) is 1. The summed E-state index contributed by atoms with van der Waals surface area (Å²) in [6.07, 6.45) is 2.42. The first-order chi connectivity index (χ1) is 8.06. The van der Waals surface area contributed by atoms with Gasteiger partial charge in [0.05, 0.1) is 0 Å². The van der Waals surface area contributed by atoms with E-state index in [1.165, 1.54) is 41.6 Å². The van der Waals surface area contributed by atoms with Crippen LogP contribution in [0.25, 0.3) is 0 Å². The quantitative estimate of drug-likeness (QED) is 0.894. The van der Waals surface area contributed by atoms with Crippen LogP contribution in [0.4, 0.5) is 0 Å². The minimum absolute atomic E-state index is 0. The van der Waals surface area contributed by atoms with Gasteiger partial charge in [-0.3, -0.25) is 4.90 Å². The van der Waals surface area contributed by atoms with Crippen molar-refractivity contribution in [3.8, 4) is 0 Å². The standard InChI is InChI=1S/C15H24N2.ClH/c1-11-7-12(2)15(13(3)8-11)10-17-6-4-5-14(16)9-17;/h7-8,14H,4-6,9-10,16H2,1-3H3;1H/t14-;/m1./s1. The van der Waals surface area contributed by atoms with Crippen LogP contribution in [0.2, 0.25) is 0 Å². The van der Waals surface area contributed by atoms with E-state index in [0.717, 1.165) is 13.1 Å². The molecule has 0 aliphatic carbocycles. The molecule has 0 unspecified atom stereocenters. The molecule has 1 aliphatic rings. The first kappa shape index (κ1) is 15.5. The number of benzene rings is 1. The van der Waals surface area contributed by atoms with Crippen LogP contribution in [0.1, 0.15) is 35.1 Å². The van der Waals surface area contributed by atoms with Gasteiger partial charge in [-0.05, 0) is 56.8 Å². The van der Waals surface area contributed by atoms with Gasteiger partial charge in [-0.1, -0.05) is 17.7 Å². The molecule has 1 heterocycles. The van der Waals surface area contributed by atoms with Crippen molar-refractivity contribution in [2.75, 3.05) is 13.1 Å². The largest absolute Gasteiger partial charge is 0.327 e. The lowest BCUT2D eigenvalue weighted by atomic mass is 9.98. The van der Waals surface area contributed by atoms with E-state index in [4.69, 9.17) is 5.73 Å². The molecule has 0 radical (unpaired) electrons. The number of hydrogen-bond acceptors (Lipinski definition) is 2. The van der Waals surface area contributed by atoms with Gasteiger partial charge in [-0.25, -0.2) is 0 Å². The van der Waals surface area contributed by atoms with E-state index in [0.29, 0.717) is 6.04 Å². The second kappa shape index (κ2) is 6.55. The predicted octanol–water partition coefficient (Wildman–Crippen LogP) is 2.96. The van der Waals surface area contributed by atoms with Crippen molar-refractivity contribution >= 4 is 12.4 Å². The van der Waals surface area contributed by atoms with E-state index in [1.54, 1.807) is 0 Å². The molecular weight excluding hydrogens is 244 g/mol. The molecule has 1 saturated heterocycles.